The first-order valence-electron chi connectivity index (χ1n) is 5.55. The summed E-state index contributed by atoms with van der Waals surface area (Å²) in [6, 6.07) is 4.79. The monoisotopic (exact) mass is 312 g/mol. The maximum Gasteiger partial charge on any atom is 0.329 e. The highest BCUT2D eigenvalue weighted by Gasteiger charge is 2.45. The number of nitrogen functional groups attached to an aromatic ring is 1. The molecule has 0 aromatic heterocycles. The Hall–Kier alpha value is -1.56. The topological polar surface area (TPSA) is 92.4 Å². The van der Waals surface area contributed by atoms with E-state index in [1.54, 1.807) is 12.1 Å². The molecule has 2 rings (SSSR count). The van der Waals surface area contributed by atoms with Crippen LogP contribution < -0.4 is 11.1 Å². The minimum atomic E-state index is -1.10. The van der Waals surface area contributed by atoms with Crippen LogP contribution in [0, 0.1) is 0 Å². The summed E-state index contributed by atoms with van der Waals surface area (Å²) in [6.45, 7) is 0. The van der Waals surface area contributed by atoms with Crippen molar-refractivity contribution >= 4 is 33.5 Å². The molecule has 0 aliphatic heterocycles. The number of aliphatic carboxylic acids is 1. The summed E-state index contributed by atoms with van der Waals surface area (Å²) in [4.78, 5) is 23.1. The number of rotatable bonds is 3. The molecule has 0 bridgehead atoms. The van der Waals surface area contributed by atoms with Gasteiger partial charge in [0.1, 0.15) is 5.54 Å². The van der Waals surface area contributed by atoms with E-state index in [1.165, 1.54) is 6.07 Å². The standard InChI is InChI=1S/C12H13BrN2O3/c13-8-3-2-7(6-9(8)14)10(16)15-12(11(17)18)4-1-5-12/h2-3,6H,1,4-5,14H2,(H,15,16)(H,17,18). The van der Waals surface area contributed by atoms with Crippen LogP contribution in [0.15, 0.2) is 22.7 Å². The van der Waals surface area contributed by atoms with Crippen LogP contribution in [-0.2, 0) is 4.79 Å². The van der Waals surface area contributed by atoms with E-state index in [1.807, 2.05) is 0 Å². The van der Waals surface area contributed by atoms with E-state index in [0.717, 1.165) is 6.42 Å². The molecule has 4 N–H and O–H groups in total. The second-order valence-corrected chi connectivity index (χ2v) is 5.29. The fourth-order valence-corrected chi connectivity index (χ4v) is 2.14. The molecule has 0 unspecified atom stereocenters. The number of benzene rings is 1. The van der Waals surface area contributed by atoms with Gasteiger partial charge >= 0.3 is 5.97 Å². The smallest absolute Gasteiger partial charge is 0.329 e. The zero-order valence-electron chi connectivity index (χ0n) is 9.57. The van der Waals surface area contributed by atoms with Gasteiger partial charge in [-0.15, -0.1) is 0 Å². The fraction of sp³-hybridized carbons (Fsp3) is 0.333. The van der Waals surface area contributed by atoms with E-state index in [2.05, 4.69) is 21.2 Å². The van der Waals surface area contributed by atoms with Crippen LogP contribution in [-0.4, -0.2) is 22.5 Å². The lowest BCUT2D eigenvalue weighted by Crippen LogP contribution is -2.59. The number of carbonyl (C=O) groups is 2. The first kappa shape index (κ1) is 12.9. The van der Waals surface area contributed by atoms with Crippen LogP contribution in [0.25, 0.3) is 0 Å². The van der Waals surface area contributed by atoms with Crippen LogP contribution in [0.1, 0.15) is 29.6 Å². The third-order valence-corrected chi connectivity index (χ3v) is 3.95. The SMILES string of the molecule is Nc1cc(C(=O)NC2(C(=O)O)CCC2)ccc1Br. The second-order valence-electron chi connectivity index (χ2n) is 4.43. The van der Waals surface area contributed by atoms with Crippen molar-refractivity contribution in [3.63, 3.8) is 0 Å². The Morgan fingerprint density at radius 2 is 2.06 bits per heavy atom. The molecule has 96 valence electrons. The number of carboxylic acids is 1. The zero-order valence-corrected chi connectivity index (χ0v) is 11.2. The normalized spacial score (nSPS) is 16.7. The largest absolute Gasteiger partial charge is 0.480 e. The average Bonchev–Trinajstić information content (AvgIpc) is 2.26. The predicted molar refractivity (Wildman–Crippen MR) is 70.2 cm³/mol. The molecule has 0 saturated heterocycles. The molecule has 1 aliphatic carbocycles. The van der Waals surface area contributed by atoms with Gasteiger partial charge in [-0.25, -0.2) is 4.79 Å². The summed E-state index contributed by atoms with van der Waals surface area (Å²) in [5.41, 5.74) is 5.40. The molecular weight excluding hydrogens is 300 g/mol. The number of nitrogens with one attached hydrogen (secondary N) is 1. The van der Waals surface area contributed by atoms with E-state index in [0.29, 0.717) is 28.6 Å². The summed E-state index contributed by atoms with van der Waals surface area (Å²) >= 11 is 3.24. The highest BCUT2D eigenvalue weighted by atomic mass is 79.9. The van der Waals surface area contributed by atoms with E-state index < -0.39 is 17.4 Å². The highest BCUT2D eigenvalue weighted by molar-refractivity contribution is 9.10. The minimum Gasteiger partial charge on any atom is -0.480 e. The Morgan fingerprint density at radius 3 is 2.50 bits per heavy atom. The Balaban J connectivity index is 2.17. The molecule has 1 aromatic carbocycles. The van der Waals surface area contributed by atoms with Crippen LogP contribution in [0.5, 0.6) is 0 Å². The van der Waals surface area contributed by atoms with Gasteiger partial charge in [0.25, 0.3) is 5.91 Å². The Labute approximate surface area is 112 Å². The van der Waals surface area contributed by atoms with Crippen molar-refractivity contribution in [1.82, 2.24) is 5.32 Å². The van der Waals surface area contributed by atoms with Gasteiger partial charge in [0.2, 0.25) is 0 Å². The van der Waals surface area contributed by atoms with Gasteiger partial charge in [0.15, 0.2) is 0 Å². The van der Waals surface area contributed by atoms with Crippen molar-refractivity contribution in [2.45, 2.75) is 24.8 Å². The number of anilines is 1. The molecule has 0 heterocycles. The molecule has 1 aromatic rings. The molecule has 0 radical (unpaired) electrons. The molecule has 0 atom stereocenters. The van der Waals surface area contributed by atoms with E-state index >= 15 is 0 Å². The zero-order chi connectivity index (χ0) is 13.3. The Kier molecular flexibility index (Phi) is 3.30. The van der Waals surface area contributed by atoms with Crippen molar-refractivity contribution in [3.8, 4) is 0 Å². The number of nitrogens with two attached hydrogens (primary N) is 1. The Morgan fingerprint density at radius 1 is 1.39 bits per heavy atom. The van der Waals surface area contributed by atoms with Gasteiger partial charge in [-0.05, 0) is 53.4 Å². The summed E-state index contributed by atoms with van der Waals surface area (Å²) < 4.78 is 0.704. The minimum absolute atomic E-state index is 0.364. The summed E-state index contributed by atoms with van der Waals surface area (Å²) in [5.74, 6) is -1.39. The van der Waals surface area contributed by atoms with Crippen LogP contribution in [0.4, 0.5) is 5.69 Å². The van der Waals surface area contributed by atoms with E-state index in [4.69, 9.17) is 10.8 Å². The number of halogens is 1. The third kappa shape index (κ3) is 2.20. The van der Waals surface area contributed by atoms with Crippen LogP contribution >= 0.6 is 15.9 Å². The number of hydrogen-bond donors (Lipinski definition) is 3. The predicted octanol–water partition coefficient (Wildman–Crippen LogP) is 1.77. The molecule has 0 spiro atoms. The van der Waals surface area contributed by atoms with E-state index in [-0.39, 0.29) is 0 Å². The van der Waals surface area contributed by atoms with Gasteiger partial charge in [-0.1, -0.05) is 0 Å². The molecule has 1 saturated carbocycles. The van der Waals surface area contributed by atoms with Gasteiger partial charge < -0.3 is 16.2 Å². The first-order chi connectivity index (χ1) is 8.44. The molecular formula is C12H13BrN2O3. The first-order valence-corrected chi connectivity index (χ1v) is 6.35. The third-order valence-electron chi connectivity index (χ3n) is 3.23. The summed E-state index contributed by atoms with van der Waals surface area (Å²) in [6.07, 6.45) is 1.76. The van der Waals surface area contributed by atoms with E-state index in [9.17, 15) is 9.59 Å². The lowest BCUT2D eigenvalue weighted by atomic mass is 9.76. The molecule has 1 amide bonds. The Bertz CT molecular complexity index is 512. The number of carbonyl (C=O) groups excluding carboxylic acids is 1. The fourth-order valence-electron chi connectivity index (χ4n) is 1.90. The quantitative estimate of drug-likeness (QED) is 0.742. The molecule has 6 heteroatoms. The molecule has 5 nitrogen and oxygen atoms in total. The van der Waals surface area contributed by atoms with Gasteiger partial charge in [0, 0.05) is 15.7 Å². The van der Waals surface area contributed by atoms with Gasteiger partial charge in [0.05, 0.1) is 0 Å². The maximum absolute atomic E-state index is 12.0. The summed E-state index contributed by atoms with van der Waals surface area (Å²) in [7, 11) is 0. The summed E-state index contributed by atoms with van der Waals surface area (Å²) in [5, 5.41) is 11.7. The van der Waals surface area contributed by atoms with Crippen LogP contribution in [0.2, 0.25) is 0 Å². The van der Waals surface area contributed by atoms with Crippen molar-refractivity contribution in [1.29, 1.82) is 0 Å². The lowest BCUT2D eigenvalue weighted by Gasteiger charge is -2.38. The van der Waals surface area contributed by atoms with Gasteiger partial charge in [-0.2, -0.15) is 0 Å². The lowest BCUT2D eigenvalue weighted by molar-refractivity contribution is -0.148. The number of carboxylic acid groups (broad SMARTS) is 1. The maximum atomic E-state index is 12.0. The molecule has 1 aliphatic rings. The molecule has 18 heavy (non-hydrogen) atoms. The second kappa shape index (κ2) is 4.61. The van der Waals surface area contributed by atoms with Crippen molar-refractivity contribution in [3.05, 3.63) is 28.2 Å². The highest BCUT2D eigenvalue weighted by Crippen LogP contribution is 2.32. The number of amides is 1. The van der Waals surface area contributed by atoms with Crippen molar-refractivity contribution in [2.75, 3.05) is 5.73 Å². The molecule has 1 fully saturated rings. The van der Waals surface area contributed by atoms with Crippen molar-refractivity contribution < 1.29 is 14.7 Å². The van der Waals surface area contributed by atoms with Gasteiger partial charge in [-0.3, -0.25) is 4.79 Å². The number of hydrogen-bond acceptors (Lipinski definition) is 3. The van der Waals surface area contributed by atoms with Crippen molar-refractivity contribution in [2.24, 2.45) is 0 Å². The average molecular weight is 313 g/mol. The van der Waals surface area contributed by atoms with Crippen LogP contribution in [0.3, 0.4) is 0 Å².